The van der Waals surface area contributed by atoms with E-state index in [0.717, 1.165) is 48.8 Å². The molecule has 27 heavy (non-hydrogen) atoms. The van der Waals surface area contributed by atoms with Crippen molar-refractivity contribution in [3.63, 3.8) is 0 Å². The van der Waals surface area contributed by atoms with Gasteiger partial charge in [0.2, 0.25) is 5.88 Å². The zero-order valence-corrected chi connectivity index (χ0v) is 15.9. The summed E-state index contributed by atoms with van der Waals surface area (Å²) < 4.78 is 19.6. The lowest BCUT2D eigenvalue weighted by atomic mass is 9.96. The number of rotatable bonds is 7. The molecule has 0 saturated carbocycles. The zero-order valence-electron chi connectivity index (χ0n) is 15.1. The van der Waals surface area contributed by atoms with Gasteiger partial charge in [-0.15, -0.1) is 0 Å². The van der Waals surface area contributed by atoms with Gasteiger partial charge in [0.05, 0.1) is 17.2 Å². The van der Waals surface area contributed by atoms with Crippen LogP contribution in [0.5, 0.6) is 5.88 Å². The van der Waals surface area contributed by atoms with Gasteiger partial charge in [-0.25, -0.2) is 14.2 Å². The Morgan fingerprint density at radius 1 is 1.30 bits per heavy atom. The number of halogens is 2. The Labute approximate surface area is 162 Å². The van der Waals surface area contributed by atoms with Gasteiger partial charge in [-0.1, -0.05) is 31.0 Å². The molecule has 1 heterocycles. The number of ether oxygens (including phenoxy) is 1. The minimum absolute atomic E-state index is 0.324. The van der Waals surface area contributed by atoms with Crippen LogP contribution < -0.4 is 4.74 Å². The molecule has 1 aromatic carbocycles. The highest BCUT2D eigenvalue weighted by Gasteiger charge is 2.23. The predicted octanol–water partition coefficient (Wildman–Crippen LogP) is 5.85. The predicted molar refractivity (Wildman–Crippen MR) is 104 cm³/mol. The van der Waals surface area contributed by atoms with E-state index in [9.17, 15) is 14.3 Å². The normalized spacial score (nSPS) is 13.9. The minimum atomic E-state index is -1.28. The molecule has 0 fully saturated rings. The van der Waals surface area contributed by atoms with Gasteiger partial charge >= 0.3 is 5.97 Å². The Bertz CT molecular complexity index is 895. The molecule has 1 N–H and O–H groups in total. The third kappa shape index (κ3) is 4.30. The number of carboxylic acid groups (broad SMARTS) is 1. The van der Waals surface area contributed by atoms with Gasteiger partial charge in [0.25, 0.3) is 0 Å². The first kappa shape index (κ1) is 19.4. The summed E-state index contributed by atoms with van der Waals surface area (Å²) in [5, 5.41) is 9.72. The van der Waals surface area contributed by atoms with E-state index in [1.165, 1.54) is 12.1 Å². The Hall–Kier alpha value is -2.40. The van der Waals surface area contributed by atoms with Crippen molar-refractivity contribution in [1.82, 2.24) is 4.98 Å². The second-order valence-corrected chi connectivity index (χ2v) is 6.96. The fourth-order valence-electron chi connectivity index (χ4n) is 3.31. The molecule has 6 heteroatoms. The number of nitrogens with zero attached hydrogens (tertiary/aromatic N) is 1. The molecule has 0 aliphatic heterocycles. The minimum Gasteiger partial charge on any atom is -0.478 e. The number of hydrogen-bond donors (Lipinski definition) is 1. The maximum Gasteiger partial charge on any atom is 0.338 e. The Kier molecular flexibility index (Phi) is 6.11. The molecule has 142 valence electrons. The van der Waals surface area contributed by atoms with E-state index in [-0.39, 0.29) is 5.56 Å². The van der Waals surface area contributed by atoms with Crippen molar-refractivity contribution in [3.8, 4) is 5.88 Å². The average molecular weight is 390 g/mol. The molecule has 0 amide bonds. The van der Waals surface area contributed by atoms with Crippen LogP contribution in [0.15, 0.2) is 30.5 Å². The summed E-state index contributed by atoms with van der Waals surface area (Å²) in [6, 6.07) is 6.06. The number of carbonyl (C=O) groups is 1. The molecule has 0 unspecified atom stereocenters. The van der Waals surface area contributed by atoms with Crippen LogP contribution in [-0.4, -0.2) is 22.7 Å². The van der Waals surface area contributed by atoms with Crippen molar-refractivity contribution in [1.29, 1.82) is 0 Å². The standard InChI is InChI=1S/C21H21ClFNO3/c1-2-3-9-27-20-17(11-14(22)12-24-20)16-6-4-5-15(16)13-7-8-19(23)18(10-13)21(25)26/h7-8,10-12H,2-6,9H2,1H3,(H,25,26). The number of hydrogen-bond acceptors (Lipinski definition) is 3. The molecule has 2 aromatic rings. The molecule has 1 aliphatic rings. The van der Waals surface area contributed by atoms with Gasteiger partial charge in [0, 0.05) is 11.8 Å². The van der Waals surface area contributed by atoms with Crippen LogP contribution in [0.25, 0.3) is 11.1 Å². The second-order valence-electron chi connectivity index (χ2n) is 6.52. The first-order valence-electron chi connectivity index (χ1n) is 9.05. The number of allylic oxidation sites excluding steroid dienone is 2. The fourth-order valence-corrected chi connectivity index (χ4v) is 3.47. The largest absolute Gasteiger partial charge is 0.478 e. The van der Waals surface area contributed by atoms with Crippen LogP contribution >= 0.6 is 11.6 Å². The summed E-state index contributed by atoms with van der Waals surface area (Å²) in [4.78, 5) is 15.6. The molecule has 3 rings (SSSR count). The quantitative estimate of drug-likeness (QED) is 0.604. The smallest absolute Gasteiger partial charge is 0.338 e. The highest BCUT2D eigenvalue weighted by atomic mass is 35.5. The van der Waals surface area contributed by atoms with Crippen molar-refractivity contribution >= 4 is 28.7 Å². The van der Waals surface area contributed by atoms with Crippen LogP contribution in [0.1, 0.15) is 60.5 Å². The van der Waals surface area contributed by atoms with E-state index in [1.807, 2.05) is 6.07 Å². The summed E-state index contributed by atoms with van der Waals surface area (Å²) in [7, 11) is 0. The number of benzene rings is 1. The number of aromatic carboxylic acids is 1. The number of aromatic nitrogens is 1. The molecule has 0 saturated heterocycles. The van der Waals surface area contributed by atoms with E-state index in [4.69, 9.17) is 16.3 Å². The molecule has 0 spiro atoms. The topological polar surface area (TPSA) is 59.4 Å². The molecule has 4 nitrogen and oxygen atoms in total. The van der Waals surface area contributed by atoms with Gasteiger partial charge in [-0.2, -0.15) is 0 Å². The van der Waals surface area contributed by atoms with E-state index in [0.29, 0.717) is 23.1 Å². The fraction of sp³-hybridized carbons (Fsp3) is 0.333. The molecule has 1 aliphatic carbocycles. The van der Waals surface area contributed by atoms with Crippen LogP contribution in [0.2, 0.25) is 5.02 Å². The van der Waals surface area contributed by atoms with Crippen molar-refractivity contribution in [2.24, 2.45) is 0 Å². The van der Waals surface area contributed by atoms with Gasteiger partial charge in [0.15, 0.2) is 0 Å². The maximum absolute atomic E-state index is 13.8. The third-order valence-electron chi connectivity index (χ3n) is 4.64. The van der Waals surface area contributed by atoms with Crippen molar-refractivity contribution in [3.05, 3.63) is 58.0 Å². The highest BCUT2D eigenvalue weighted by molar-refractivity contribution is 6.30. The molecule has 0 radical (unpaired) electrons. The summed E-state index contributed by atoms with van der Waals surface area (Å²) in [6.07, 6.45) is 6.01. The highest BCUT2D eigenvalue weighted by Crippen LogP contribution is 2.43. The average Bonchev–Trinajstić information content (AvgIpc) is 3.13. The number of unbranched alkanes of at least 4 members (excludes halogenated alkanes) is 1. The first-order valence-corrected chi connectivity index (χ1v) is 9.43. The van der Waals surface area contributed by atoms with Crippen LogP contribution in [0.3, 0.4) is 0 Å². The van der Waals surface area contributed by atoms with Crippen LogP contribution in [0.4, 0.5) is 4.39 Å². The van der Waals surface area contributed by atoms with Crippen molar-refractivity contribution in [2.75, 3.05) is 6.61 Å². The maximum atomic E-state index is 13.8. The summed E-state index contributed by atoms with van der Waals surface area (Å²) >= 11 is 6.17. The van der Waals surface area contributed by atoms with E-state index >= 15 is 0 Å². The number of pyridine rings is 1. The Morgan fingerprint density at radius 3 is 2.81 bits per heavy atom. The SMILES string of the molecule is CCCCOc1ncc(Cl)cc1C1=C(c2ccc(F)c(C(=O)O)c2)CCC1. The molecule has 1 aromatic heterocycles. The second kappa shape index (κ2) is 8.53. The van der Waals surface area contributed by atoms with Gasteiger partial charge in [-0.05, 0) is 60.6 Å². The lowest BCUT2D eigenvalue weighted by molar-refractivity contribution is 0.0692. The van der Waals surface area contributed by atoms with Crippen LogP contribution in [0, 0.1) is 5.82 Å². The van der Waals surface area contributed by atoms with Gasteiger partial charge in [0.1, 0.15) is 5.82 Å². The molecule has 0 atom stereocenters. The summed E-state index contributed by atoms with van der Waals surface area (Å²) in [5.41, 5.74) is 3.23. The van der Waals surface area contributed by atoms with Crippen molar-refractivity contribution in [2.45, 2.75) is 39.0 Å². The number of carboxylic acids is 1. The van der Waals surface area contributed by atoms with E-state index in [1.54, 1.807) is 12.3 Å². The summed E-state index contributed by atoms with van der Waals surface area (Å²) in [5.74, 6) is -1.48. The first-order chi connectivity index (χ1) is 13.0. The molecular weight excluding hydrogens is 369 g/mol. The monoisotopic (exact) mass is 389 g/mol. The van der Waals surface area contributed by atoms with Gasteiger partial charge in [-0.3, -0.25) is 0 Å². The lowest BCUT2D eigenvalue weighted by Gasteiger charge is -2.14. The van der Waals surface area contributed by atoms with E-state index < -0.39 is 11.8 Å². The zero-order chi connectivity index (χ0) is 19.4. The van der Waals surface area contributed by atoms with Crippen LogP contribution in [-0.2, 0) is 0 Å². The van der Waals surface area contributed by atoms with Gasteiger partial charge < -0.3 is 9.84 Å². The Balaban J connectivity index is 2.06. The Morgan fingerprint density at radius 2 is 2.07 bits per heavy atom. The van der Waals surface area contributed by atoms with E-state index in [2.05, 4.69) is 11.9 Å². The van der Waals surface area contributed by atoms with Crippen molar-refractivity contribution < 1.29 is 19.0 Å². The molecule has 0 bridgehead atoms. The summed E-state index contributed by atoms with van der Waals surface area (Å²) in [6.45, 7) is 2.66. The lowest BCUT2D eigenvalue weighted by Crippen LogP contribution is -2.03. The molecular formula is C21H21ClFNO3. The third-order valence-corrected chi connectivity index (χ3v) is 4.85.